The topological polar surface area (TPSA) is 72.6 Å². The van der Waals surface area contributed by atoms with Crippen LogP contribution in [0.25, 0.3) is 0 Å². The quantitative estimate of drug-likeness (QED) is 0.714. The zero-order valence-electron chi connectivity index (χ0n) is 8.66. The zero-order valence-corrected chi connectivity index (χ0v) is 8.66. The lowest BCUT2D eigenvalue weighted by Gasteiger charge is -2.34. The van der Waals surface area contributed by atoms with Crippen molar-refractivity contribution >= 4 is 5.97 Å². The number of nitrogens with two attached hydrogens (primary N) is 1. The Morgan fingerprint density at radius 2 is 2.29 bits per heavy atom. The predicted molar refractivity (Wildman–Crippen MR) is 53.0 cm³/mol. The molecule has 4 heteroatoms. The van der Waals surface area contributed by atoms with Crippen molar-refractivity contribution in [3.63, 3.8) is 0 Å². The van der Waals surface area contributed by atoms with Gasteiger partial charge in [0.2, 0.25) is 0 Å². The van der Waals surface area contributed by atoms with E-state index in [4.69, 9.17) is 15.6 Å². The Morgan fingerprint density at radius 1 is 1.57 bits per heavy atom. The van der Waals surface area contributed by atoms with Crippen molar-refractivity contribution in [3.8, 4) is 0 Å². The van der Waals surface area contributed by atoms with Crippen LogP contribution in [-0.4, -0.2) is 30.3 Å². The van der Waals surface area contributed by atoms with E-state index in [0.717, 1.165) is 25.9 Å². The molecule has 2 unspecified atom stereocenters. The first kappa shape index (κ1) is 11.5. The lowest BCUT2D eigenvalue weighted by molar-refractivity contribution is -0.140. The Balaban J connectivity index is 2.72. The molecule has 1 fully saturated rings. The van der Waals surface area contributed by atoms with E-state index in [1.165, 1.54) is 0 Å². The minimum atomic E-state index is -0.760. The van der Waals surface area contributed by atoms with Gasteiger partial charge >= 0.3 is 5.97 Å². The molecule has 1 aliphatic rings. The molecular formula is C10H19NO3. The molecule has 0 saturated carbocycles. The van der Waals surface area contributed by atoms with Gasteiger partial charge in [0.1, 0.15) is 0 Å². The van der Waals surface area contributed by atoms with Crippen molar-refractivity contribution in [1.82, 2.24) is 0 Å². The van der Waals surface area contributed by atoms with Crippen molar-refractivity contribution in [3.05, 3.63) is 0 Å². The van der Waals surface area contributed by atoms with Crippen LogP contribution in [0.5, 0.6) is 0 Å². The Kier molecular flexibility index (Phi) is 3.89. The highest BCUT2D eigenvalue weighted by atomic mass is 16.5. The molecule has 14 heavy (non-hydrogen) atoms. The third-order valence-corrected chi connectivity index (χ3v) is 3.18. The van der Waals surface area contributed by atoms with Crippen molar-refractivity contribution in [1.29, 1.82) is 0 Å². The largest absolute Gasteiger partial charge is 0.481 e. The lowest BCUT2D eigenvalue weighted by Crippen LogP contribution is -2.41. The van der Waals surface area contributed by atoms with Crippen LogP contribution in [0.4, 0.5) is 0 Å². The number of rotatable bonds is 3. The number of hydrogen-bond donors (Lipinski definition) is 2. The summed E-state index contributed by atoms with van der Waals surface area (Å²) in [4.78, 5) is 10.8. The maximum Gasteiger partial charge on any atom is 0.303 e. The van der Waals surface area contributed by atoms with Crippen molar-refractivity contribution < 1.29 is 14.6 Å². The first-order valence-electron chi connectivity index (χ1n) is 5.12. The fourth-order valence-electron chi connectivity index (χ4n) is 2.12. The van der Waals surface area contributed by atoms with E-state index in [1.54, 1.807) is 0 Å². The van der Waals surface area contributed by atoms with Gasteiger partial charge in [0.15, 0.2) is 0 Å². The Bertz CT molecular complexity index is 196. The molecule has 0 amide bonds. The third kappa shape index (κ3) is 2.69. The van der Waals surface area contributed by atoms with Crippen LogP contribution in [0.1, 0.15) is 32.6 Å². The maximum absolute atomic E-state index is 10.8. The highest BCUT2D eigenvalue weighted by molar-refractivity contribution is 5.67. The molecule has 4 nitrogen and oxygen atoms in total. The summed E-state index contributed by atoms with van der Waals surface area (Å²) in [6.07, 6.45) is 2.69. The van der Waals surface area contributed by atoms with Crippen LogP contribution in [-0.2, 0) is 9.53 Å². The molecule has 0 aromatic carbocycles. The zero-order chi connectivity index (χ0) is 10.6. The van der Waals surface area contributed by atoms with Gasteiger partial charge in [0.25, 0.3) is 0 Å². The molecule has 82 valence electrons. The van der Waals surface area contributed by atoms with Gasteiger partial charge in [-0.15, -0.1) is 0 Å². The van der Waals surface area contributed by atoms with Gasteiger partial charge in [-0.05, 0) is 31.6 Å². The van der Waals surface area contributed by atoms with Gasteiger partial charge in [0, 0.05) is 19.3 Å². The standard InChI is InChI=1S/C10H19NO3/c1-8(11)10(7-9(12)13)3-2-5-14-6-4-10/h8H,2-7,11H2,1H3,(H,12,13). The number of carbonyl (C=O) groups is 1. The van der Waals surface area contributed by atoms with Crippen LogP contribution < -0.4 is 5.73 Å². The van der Waals surface area contributed by atoms with Crippen molar-refractivity contribution in [2.75, 3.05) is 13.2 Å². The Labute approximate surface area is 84.4 Å². The Morgan fingerprint density at radius 3 is 2.86 bits per heavy atom. The third-order valence-electron chi connectivity index (χ3n) is 3.18. The highest BCUT2D eigenvalue weighted by Crippen LogP contribution is 2.37. The summed E-state index contributed by atoms with van der Waals surface area (Å²) in [5, 5.41) is 8.88. The van der Waals surface area contributed by atoms with Gasteiger partial charge in [-0.3, -0.25) is 4.79 Å². The van der Waals surface area contributed by atoms with Gasteiger partial charge in [-0.2, -0.15) is 0 Å². The Hall–Kier alpha value is -0.610. The van der Waals surface area contributed by atoms with Gasteiger partial charge in [-0.25, -0.2) is 0 Å². The number of ether oxygens (including phenoxy) is 1. The second kappa shape index (κ2) is 4.75. The smallest absolute Gasteiger partial charge is 0.303 e. The fourth-order valence-corrected chi connectivity index (χ4v) is 2.12. The van der Waals surface area contributed by atoms with Crippen LogP contribution in [0.2, 0.25) is 0 Å². The molecule has 1 heterocycles. The van der Waals surface area contributed by atoms with E-state index in [2.05, 4.69) is 0 Å². The first-order valence-corrected chi connectivity index (χ1v) is 5.12. The maximum atomic E-state index is 10.8. The second-order valence-corrected chi connectivity index (χ2v) is 4.19. The van der Waals surface area contributed by atoms with Crippen molar-refractivity contribution in [2.24, 2.45) is 11.1 Å². The molecule has 1 rings (SSSR count). The van der Waals surface area contributed by atoms with Crippen LogP contribution in [0, 0.1) is 5.41 Å². The molecular weight excluding hydrogens is 182 g/mol. The predicted octanol–water partition coefficient (Wildman–Crippen LogP) is 0.995. The molecule has 0 radical (unpaired) electrons. The summed E-state index contributed by atoms with van der Waals surface area (Å²) < 4.78 is 5.33. The lowest BCUT2D eigenvalue weighted by atomic mass is 9.72. The molecule has 1 saturated heterocycles. The highest BCUT2D eigenvalue weighted by Gasteiger charge is 2.37. The molecule has 2 atom stereocenters. The van der Waals surface area contributed by atoms with E-state index in [1.807, 2.05) is 6.92 Å². The van der Waals surface area contributed by atoms with E-state index in [9.17, 15) is 4.79 Å². The van der Waals surface area contributed by atoms with E-state index in [-0.39, 0.29) is 17.9 Å². The number of carboxylic acid groups (broad SMARTS) is 1. The van der Waals surface area contributed by atoms with Crippen LogP contribution in [0.3, 0.4) is 0 Å². The molecule has 0 aliphatic carbocycles. The molecule has 0 aromatic rings. The minimum Gasteiger partial charge on any atom is -0.481 e. The molecule has 0 bridgehead atoms. The van der Waals surface area contributed by atoms with E-state index >= 15 is 0 Å². The summed E-state index contributed by atoms with van der Waals surface area (Å²) in [6.45, 7) is 3.26. The summed E-state index contributed by atoms with van der Waals surface area (Å²) >= 11 is 0. The fraction of sp³-hybridized carbons (Fsp3) is 0.900. The van der Waals surface area contributed by atoms with Gasteiger partial charge in [-0.1, -0.05) is 0 Å². The monoisotopic (exact) mass is 201 g/mol. The number of aliphatic carboxylic acids is 1. The average Bonchev–Trinajstić information content (AvgIpc) is 2.29. The summed E-state index contributed by atoms with van der Waals surface area (Å²) in [5.74, 6) is -0.760. The van der Waals surface area contributed by atoms with Crippen LogP contribution in [0.15, 0.2) is 0 Å². The second-order valence-electron chi connectivity index (χ2n) is 4.19. The minimum absolute atomic E-state index is 0.0831. The van der Waals surface area contributed by atoms with Crippen molar-refractivity contribution in [2.45, 2.75) is 38.6 Å². The van der Waals surface area contributed by atoms with E-state index < -0.39 is 5.97 Å². The summed E-state index contributed by atoms with van der Waals surface area (Å²) in [7, 11) is 0. The summed E-state index contributed by atoms with van der Waals surface area (Å²) in [6, 6.07) is -0.0831. The summed E-state index contributed by atoms with van der Waals surface area (Å²) in [5.41, 5.74) is 5.64. The normalized spacial score (nSPS) is 30.7. The average molecular weight is 201 g/mol. The molecule has 1 aliphatic heterocycles. The van der Waals surface area contributed by atoms with Gasteiger partial charge in [0.05, 0.1) is 6.42 Å². The first-order chi connectivity index (χ1) is 6.57. The van der Waals surface area contributed by atoms with Gasteiger partial charge < -0.3 is 15.6 Å². The SMILES string of the molecule is CC(N)C1(CC(=O)O)CCCOCC1. The molecule has 3 N–H and O–H groups in total. The number of hydrogen-bond acceptors (Lipinski definition) is 3. The number of carboxylic acids is 1. The molecule has 0 aromatic heterocycles. The molecule has 0 spiro atoms. The van der Waals surface area contributed by atoms with E-state index in [0.29, 0.717) is 6.61 Å². The van der Waals surface area contributed by atoms with Crippen LogP contribution >= 0.6 is 0 Å².